The Morgan fingerprint density at radius 2 is 1.76 bits per heavy atom. The van der Waals surface area contributed by atoms with Crippen LogP contribution in [-0.4, -0.2) is 37.6 Å². The van der Waals surface area contributed by atoms with E-state index in [9.17, 15) is 0 Å². The summed E-state index contributed by atoms with van der Waals surface area (Å²) < 4.78 is 2.16. The fraction of sp³-hybridized carbons (Fsp3) is 0.467. The highest BCUT2D eigenvalue weighted by Gasteiger charge is 2.24. The maximum absolute atomic E-state index is 5.11. The predicted molar refractivity (Wildman–Crippen MR) is 152 cm³/mol. The van der Waals surface area contributed by atoms with Gasteiger partial charge in [-0.25, -0.2) is 4.98 Å². The van der Waals surface area contributed by atoms with Gasteiger partial charge in [-0.2, -0.15) is 9.97 Å². The molecule has 1 saturated heterocycles. The van der Waals surface area contributed by atoms with Crippen LogP contribution < -0.4 is 10.2 Å². The van der Waals surface area contributed by atoms with Gasteiger partial charge < -0.3 is 14.8 Å². The number of benzene rings is 1. The molecule has 4 aromatic rings. The van der Waals surface area contributed by atoms with Gasteiger partial charge in [0.2, 0.25) is 5.95 Å². The summed E-state index contributed by atoms with van der Waals surface area (Å²) in [4.78, 5) is 21.2. The predicted octanol–water partition coefficient (Wildman–Crippen LogP) is 6.61. The quantitative estimate of drug-likeness (QED) is 0.323. The molecule has 0 spiro atoms. The van der Waals surface area contributed by atoms with Crippen LogP contribution in [0.2, 0.25) is 0 Å². The zero-order chi connectivity index (χ0) is 26.2. The molecule has 0 radical (unpaired) electrons. The average Bonchev–Trinajstić information content (AvgIpc) is 3.31. The number of rotatable bonds is 6. The Labute approximate surface area is 220 Å². The fourth-order valence-electron chi connectivity index (χ4n) is 5.09. The van der Waals surface area contributed by atoms with Crippen molar-refractivity contribution in [2.45, 2.75) is 72.3 Å². The van der Waals surface area contributed by atoms with Crippen molar-refractivity contribution in [3.05, 3.63) is 65.7 Å². The van der Waals surface area contributed by atoms with Crippen molar-refractivity contribution in [3.8, 4) is 0 Å². The second-order valence-corrected chi connectivity index (χ2v) is 11.7. The number of fused-ring (bicyclic) bond motifs is 1. The van der Waals surface area contributed by atoms with E-state index < -0.39 is 0 Å². The summed E-state index contributed by atoms with van der Waals surface area (Å²) in [5.41, 5.74) is 6.68. The number of nitrogens with zero attached hydrogens (tertiary/aromatic N) is 6. The van der Waals surface area contributed by atoms with Gasteiger partial charge in [0.15, 0.2) is 11.5 Å². The number of hydrogen-bond donors (Lipinski definition) is 1. The lowest BCUT2D eigenvalue weighted by molar-refractivity contribution is 0.401. The van der Waals surface area contributed by atoms with Crippen molar-refractivity contribution in [1.82, 2.24) is 24.5 Å². The molecule has 194 valence electrons. The van der Waals surface area contributed by atoms with Crippen molar-refractivity contribution in [2.24, 2.45) is 5.92 Å². The number of imidazole rings is 1. The van der Waals surface area contributed by atoms with Crippen LogP contribution in [0.25, 0.3) is 11.2 Å². The van der Waals surface area contributed by atoms with E-state index in [1.165, 1.54) is 16.7 Å². The summed E-state index contributed by atoms with van der Waals surface area (Å²) in [7, 11) is 0. The Morgan fingerprint density at radius 1 is 1.03 bits per heavy atom. The summed E-state index contributed by atoms with van der Waals surface area (Å²) >= 11 is 0. The lowest BCUT2D eigenvalue weighted by Gasteiger charge is -2.32. The zero-order valence-corrected chi connectivity index (χ0v) is 23.0. The largest absolute Gasteiger partial charge is 0.341 e. The third-order valence-electron chi connectivity index (χ3n) is 7.50. The molecule has 0 atom stereocenters. The van der Waals surface area contributed by atoms with Crippen molar-refractivity contribution >= 4 is 28.6 Å². The summed E-state index contributed by atoms with van der Waals surface area (Å²) in [5.74, 6) is 2.25. The number of anilines is 3. The monoisotopic (exact) mass is 497 g/mol. The smallest absolute Gasteiger partial charge is 0.229 e. The molecule has 4 heterocycles. The van der Waals surface area contributed by atoms with Gasteiger partial charge in [-0.05, 0) is 86.3 Å². The van der Waals surface area contributed by atoms with Crippen molar-refractivity contribution in [2.75, 3.05) is 23.3 Å². The van der Waals surface area contributed by atoms with Crippen molar-refractivity contribution in [3.63, 3.8) is 0 Å². The van der Waals surface area contributed by atoms with Gasteiger partial charge in [-0.3, -0.25) is 4.98 Å². The van der Waals surface area contributed by atoms with E-state index >= 15 is 0 Å². The van der Waals surface area contributed by atoms with Gasteiger partial charge in [0.25, 0.3) is 0 Å². The molecule has 1 fully saturated rings. The van der Waals surface area contributed by atoms with Crippen LogP contribution in [0.4, 0.5) is 17.5 Å². The first-order valence-electron chi connectivity index (χ1n) is 13.5. The summed E-state index contributed by atoms with van der Waals surface area (Å²) in [5, 5.41) is 3.69. The van der Waals surface area contributed by atoms with E-state index in [4.69, 9.17) is 9.97 Å². The lowest BCUT2D eigenvalue weighted by Crippen LogP contribution is -2.35. The van der Waals surface area contributed by atoms with Gasteiger partial charge in [0.05, 0.1) is 6.33 Å². The highest BCUT2D eigenvalue weighted by atomic mass is 15.3. The molecule has 3 aromatic heterocycles. The minimum Gasteiger partial charge on any atom is -0.341 e. The second-order valence-electron chi connectivity index (χ2n) is 11.7. The molecule has 0 saturated carbocycles. The number of aromatic nitrogens is 5. The molecule has 1 N–H and O–H groups in total. The minimum atomic E-state index is 0.0661. The summed E-state index contributed by atoms with van der Waals surface area (Å²) in [6.07, 6.45) is 9.01. The topological polar surface area (TPSA) is 71.8 Å². The highest BCUT2D eigenvalue weighted by molar-refractivity contribution is 5.87. The molecule has 0 amide bonds. The Morgan fingerprint density at radius 3 is 2.43 bits per heavy atom. The van der Waals surface area contributed by atoms with E-state index in [0.29, 0.717) is 5.92 Å². The van der Waals surface area contributed by atoms with Crippen molar-refractivity contribution < 1.29 is 0 Å². The summed E-state index contributed by atoms with van der Waals surface area (Å²) in [6.45, 7) is 15.1. The summed E-state index contributed by atoms with van der Waals surface area (Å²) in [6, 6.07) is 11.2. The Bertz CT molecular complexity index is 1360. The molecule has 0 bridgehead atoms. The first kappa shape index (κ1) is 25.2. The number of pyridine rings is 1. The van der Waals surface area contributed by atoms with E-state index in [0.717, 1.165) is 61.0 Å². The van der Waals surface area contributed by atoms with Gasteiger partial charge in [0, 0.05) is 37.2 Å². The Kier molecular flexibility index (Phi) is 6.88. The first-order chi connectivity index (χ1) is 17.7. The third kappa shape index (κ3) is 5.45. The standard InChI is InChI=1S/C30H39N7/c1-20(2)37-19-32-27-26(37)28(33-25-18-24(30(4,5)6)8-7-21(25)3)35-29(34-27)36-15-11-23(12-16-36)17-22-9-13-31-14-10-22/h7-10,13-14,18-20,23H,11-12,15-17H2,1-6H3,(H,33,34,35). The van der Waals surface area contributed by atoms with Crippen LogP contribution in [0.1, 0.15) is 70.2 Å². The minimum absolute atomic E-state index is 0.0661. The molecule has 0 aliphatic carbocycles. The van der Waals surface area contributed by atoms with Crippen LogP contribution in [0.15, 0.2) is 49.1 Å². The third-order valence-corrected chi connectivity index (χ3v) is 7.50. The van der Waals surface area contributed by atoms with Gasteiger partial charge in [-0.1, -0.05) is 32.9 Å². The zero-order valence-electron chi connectivity index (χ0n) is 23.0. The van der Waals surface area contributed by atoms with Crippen LogP contribution >= 0.6 is 0 Å². The Balaban J connectivity index is 1.45. The van der Waals surface area contributed by atoms with Gasteiger partial charge in [0.1, 0.15) is 5.52 Å². The molecule has 1 aliphatic rings. The maximum atomic E-state index is 5.11. The molecule has 0 unspecified atom stereocenters. The molecule has 7 heteroatoms. The molecule has 5 rings (SSSR count). The van der Waals surface area contributed by atoms with E-state index in [2.05, 4.69) is 96.6 Å². The molecule has 37 heavy (non-hydrogen) atoms. The van der Waals surface area contributed by atoms with Gasteiger partial charge in [-0.15, -0.1) is 0 Å². The number of hydrogen-bond acceptors (Lipinski definition) is 6. The average molecular weight is 498 g/mol. The molecule has 1 aliphatic heterocycles. The van der Waals surface area contributed by atoms with Gasteiger partial charge >= 0.3 is 0 Å². The first-order valence-corrected chi connectivity index (χ1v) is 13.5. The van der Waals surface area contributed by atoms with E-state index in [-0.39, 0.29) is 11.5 Å². The second kappa shape index (κ2) is 10.1. The van der Waals surface area contributed by atoms with Crippen LogP contribution in [0.5, 0.6) is 0 Å². The SMILES string of the molecule is Cc1ccc(C(C)(C)C)cc1Nc1nc(N2CCC(Cc3ccncc3)CC2)nc2ncn(C(C)C)c12. The van der Waals surface area contributed by atoms with Crippen molar-refractivity contribution in [1.29, 1.82) is 0 Å². The molecular formula is C30H39N7. The van der Waals surface area contributed by atoms with E-state index in [1.54, 1.807) is 0 Å². The highest BCUT2D eigenvalue weighted by Crippen LogP contribution is 2.33. The number of piperidine rings is 1. The molecule has 7 nitrogen and oxygen atoms in total. The Hall–Kier alpha value is -3.48. The van der Waals surface area contributed by atoms with Crippen LogP contribution in [-0.2, 0) is 11.8 Å². The van der Waals surface area contributed by atoms with E-state index in [1.807, 2.05) is 18.7 Å². The molecule has 1 aromatic carbocycles. The van der Waals surface area contributed by atoms with Crippen LogP contribution in [0.3, 0.4) is 0 Å². The molecular weight excluding hydrogens is 458 g/mol. The van der Waals surface area contributed by atoms with Crippen LogP contribution in [0, 0.1) is 12.8 Å². The maximum Gasteiger partial charge on any atom is 0.229 e. The fourth-order valence-corrected chi connectivity index (χ4v) is 5.09. The number of aryl methyl sites for hydroxylation is 1. The lowest BCUT2D eigenvalue weighted by atomic mass is 9.86. The normalized spacial score (nSPS) is 15.1. The number of nitrogens with one attached hydrogen (secondary N) is 1.